The number of aryl methyl sites for hydroxylation is 1. The number of anilines is 1. The first-order valence-corrected chi connectivity index (χ1v) is 5.29. The molecule has 16 heavy (non-hydrogen) atoms. The fourth-order valence-corrected chi connectivity index (χ4v) is 1.75. The van der Waals surface area contributed by atoms with Gasteiger partial charge in [0.15, 0.2) is 0 Å². The Morgan fingerprint density at radius 3 is 2.56 bits per heavy atom. The average Bonchev–Trinajstić information content (AvgIpc) is 2.47. The van der Waals surface area contributed by atoms with Gasteiger partial charge in [0, 0.05) is 5.02 Å². The van der Waals surface area contributed by atoms with E-state index in [1.165, 1.54) is 0 Å². The molecular formula is C11H11ClN2O2. The Morgan fingerprint density at radius 1 is 1.38 bits per heavy atom. The van der Waals surface area contributed by atoms with E-state index in [1.54, 1.807) is 25.1 Å². The van der Waals surface area contributed by atoms with Crippen molar-refractivity contribution in [1.82, 2.24) is 5.32 Å². The predicted octanol–water partition coefficient (Wildman–Crippen LogP) is 2.09. The SMILES string of the molecule is Cc1ccc(N2C(=O)NC(C)C2=O)cc1Cl. The minimum absolute atomic E-state index is 0.259. The summed E-state index contributed by atoms with van der Waals surface area (Å²) in [6.07, 6.45) is 0. The molecule has 0 aliphatic carbocycles. The van der Waals surface area contributed by atoms with Crippen LogP contribution in [0.2, 0.25) is 5.02 Å². The summed E-state index contributed by atoms with van der Waals surface area (Å²) in [5.74, 6) is -0.259. The number of urea groups is 1. The molecule has 1 saturated heterocycles. The maximum Gasteiger partial charge on any atom is 0.329 e. The molecule has 1 aliphatic rings. The van der Waals surface area contributed by atoms with Gasteiger partial charge in [0.2, 0.25) is 0 Å². The molecule has 1 aromatic rings. The lowest BCUT2D eigenvalue weighted by atomic mass is 10.2. The van der Waals surface area contributed by atoms with E-state index in [1.807, 2.05) is 6.92 Å². The Bertz CT molecular complexity index is 473. The number of nitrogens with zero attached hydrogens (tertiary/aromatic N) is 1. The van der Waals surface area contributed by atoms with Crippen LogP contribution in [0.3, 0.4) is 0 Å². The van der Waals surface area contributed by atoms with Crippen molar-refractivity contribution in [1.29, 1.82) is 0 Å². The molecule has 1 aromatic carbocycles. The summed E-state index contributed by atoms with van der Waals surface area (Å²) in [7, 11) is 0. The summed E-state index contributed by atoms with van der Waals surface area (Å²) in [6, 6.07) is 4.22. The van der Waals surface area contributed by atoms with Crippen LogP contribution in [0.15, 0.2) is 18.2 Å². The number of imide groups is 1. The lowest BCUT2D eigenvalue weighted by Crippen LogP contribution is -2.30. The molecule has 1 atom stereocenters. The van der Waals surface area contributed by atoms with Gasteiger partial charge in [0.1, 0.15) is 6.04 Å². The molecule has 0 saturated carbocycles. The fourth-order valence-electron chi connectivity index (χ4n) is 1.57. The largest absolute Gasteiger partial charge is 0.329 e. The van der Waals surface area contributed by atoms with Gasteiger partial charge in [-0.15, -0.1) is 0 Å². The summed E-state index contributed by atoms with van der Waals surface area (Å²) < 4.78 is 0. The van der Waals surface area contributed by atoms with Gasteiger partial charge in [0.25, 0.3) is 5.91 Å². The zero-order chi connectivity index (χ0) is 11.9. The van der Waals surface area contributed by atoms with Crippen molar-refractivity contribution < 1.29 is 9.59 Å². The normalized spacial score (nSPS) is 20.2. The second-order valence-corrected chi connectivity index (χ2v) is 4.19. The molecule has 1 fully saturated rings. The van der Waals surface area contributed by atoms with Gasteiger partial charge < -0.3 is 5.32 Å². The Balaban J connectivity index is 2.41. The topological polar surface area (TPSA) is 49.4 Å². The van der Waals surface area contributed by atoms with Crippen molar-refractivity contribution in [3.05, 3.63) is 28.8 Å². The summed E-state index contributed by atoms with van der Waals surface area (Å²) in [5.41, 5.74) is 1.41. The summed E-state index contributed by atoms with van der Waals surface area (Å²) >= 11 is 5.95. The minimum Gasteiger partial charge on any atom is -0.326 e. The van der Waals surface area contributed by atoms with E-state index < -0.39 is 12.1 Å². The summed E-state index contributed by atoms with van der Waals surface area (Å²) in [6.45, 7) is 3.51. The molecule has 1 heterocycles. The Morgan fingerprint density at radius 2 is 2.06 bits per heavy atom. The van der Waals surface area contributed by atoms with Crippen molar-refractivity contribution in [2.75, 3.05) is 4.90 Å². The number of hydrogen-bond donors (Lipinski definition) is 1. The third kappa shape index (κ3) is 1.65. The first-order valence-electron chi connectivity index (χ1n) is 4.91. The highest BCUT2D eigenvalue weighted by Crippen LogP contribution is 2.25. The third-order valence-electron chi connectivity index (χ3n) is 2.55. The highest BCUT2D eigenvalue weighted by molar-refractivity contribution is 6.32. The standard InChI is InChI=1S/C11H11ClN2O2/c1-6-3-4-8(5-9(6)12)14-10(15)7(2)13-11(14)16/h3-5,7H,1-2H3,(H,13,16). The van der Waals surface area contributed by atoms with Gasteiger partial charge >= 0.3 is 6.03 Å². The number of amides is 3. The van der Waals surface area contributed by atoms with E-state index in [4.69, 9.17) is 11.6 Å². The Labute approximate surface area is 98.2 Å². The number of hydrogen-bond acceptors (Lipinski definition) is 2. The van der Waals surface area contributed by atoms with Gasteiger partial charge in [-0.2, -0.15) is 0 Å². The van der Waals surface area contributed by atoms with E-state index in [9.17, 15) is 9.59 Å². The smallest absolute Gasteiger partial charge is 0.326 e. The van der Waals surface area contributed by atoms with E-state index in [-0.39, 0.29) is 5.91 Å². The van der Waals surface area contributed by atoms with Gasteiger partial charge in [-0.3, -0.25) is 4.79 Å². The van der Waals surface area contributed by atoms with Crippen molar-refractivity contribution >= 4 is 29.2 Å². The van der Waals surface area contributed by atoms with E-state index in [2.05, 4.69) is 5.32 Å². The van der Waals surface area contributed by atoms with E-state index >= 15 is 0 Å². The number of halogens is 1. The molecule has 4 nitrogen and oxygen atoms in total. The lowest BCUT2D eigenvalue weighted by molar-refractivity contribution is -0.117. The molecule has 1 aliphatic heterocycles. The summed E-state index contributed by atoms with van der Waals surface area (Å²) in [4.78, 5) is 24.4. The van der Waals surface area contributed by atoms with E-state index in [0.717, 1.165) is 10.5 Å². The van der Waals surface area contributed by atoms with Crippen LogP contribution in [-0.4, -0.2) is 18.0 Å². The maximum atomic E-state index is 11.7. The molecule has 0 aromatic heterocycles. The minimum atomic E-state index is -0.479. The first kappa shape index (κ1) is 11.0. The summed E-state index contributed by atoms with van der Waals surface area (Å²) in [5, 5.41) is 3.08. The Hall–Kier alpha value is -1.55. The highest BCUT2D eigenvalue weighted by atomic mass is 35.5. The molecule has 3 amide bonds. The molecule has 0 spiro atoms. The molecule has 2 rings (SSSR count). The molecule has 84 valence electrons. The molecule has 0 bridgehead atoms. The van der Waals surface area contributed by atoms with Crippen LogP contribution >= 0.6 is 11.6 Å². The number of benzene rings is 1. The second-order valence-electron chi connectivity index (χ2n) is 3.78. The van der Waals surface area contributed by atoms with Gasteiger partial charge in [0.05, 0.1) is 5.69 Å². The fraction of sp³-hybridized carbons (Fsp3) is 0.273. The number of nitrogens with one attached hydrogen (secondary N) is 1. The molecule has 1 N–H and O–H groups in total. The molecule has 5 heteroatoms. The highest BCUT2D eigenvalue weighted by Gasteiger charge is 2.36. The van der Waals surface area contributed by atoms with Crippen molar-refractivity contribution in [3.63, 3.8) is 0 Å². The molecular weight excluding hydrogens is 228 g/mol. The van der Waals surface area contributed by atoms with Crippen LogP contribution in [0.25, 0.3) is 0 Å². The monoisotopic (exact) mass is 238 g/mol. The van der Waals surface area contributed by atoms with Crippen molar-refractivity contribution in [2.24, 2.45) is 0 Å². The number of rotatable bonds is 1. The molecule has 1 unspecified atom stereocenters. The zero-order valence-electron chi connectivity index (χ0n) is 8.95. The number of carbonyl (C=O) groups is 2. The molecule has 0 radical (unpaired) electrons. The third-order valence-corrected chi connectivity index (χ3v) is 2.95. The van der Waals surface area contributed by atoms with Crippen LogP contribution < -0.4 is 10.2 Å². The second kappa shape index (κ2) is 3.79. The first-order chi connectivity index (χ1) is 7.50. The Kier molecular flexibility index (Phi) is 2.59. The predicted molar refractivity (Wildman–Crippen MR) is 61.7 cm³/mol. The maximum absolute atomic E-state index is 11.7. The van der Waals surface area contributed by atoms with Gasteiger partial charge in [-0.05, 0) is 31.5 Å². The van der Waals surface area contributed by atoms with E-state index in [0.29, 0.717) is 10.7 Å². The van der Waals surface area contributed by atoms with Crippen LogP contribution in [0.4, 0.5) is 10.5 Å². The van der Waals surface area contributed by atoms with Crippen LogP contribution in [0.5, 0.6) is 0 Å². The van der Waals surface area contributed by atoms with Crippen molar-refractivity contribution in [3.8, 4) is 0 Å². The zero-order valence-corrected chi connectivity index (χ0v) is 9.71. The van der Waals surface area contributed by atoms with Crippen molar-refractivity contribution in [2.45, 2.75) is 19.9 Å². The lowest BCUT2D eigenvalue weighted by Gasteiger charge is -2.13. The number of carbonyl (C=O) groups excluding carboxylic acids is 2. The van der Waals surface area contributed by atoms with Crippen LogP contribution in [-0.2, 0) is 4.79 Å². The van der Waals surface area contributed by atoms with Gasteiger partial charge in [-0.1, -0.05) is 17.7 Å². The van der Waals surface area contributed by atoms with Crippen LogP contribution in [0.1, 0.15) is 12.5 Å². The van der Waals surface area contributed by atoms with Crippen LogP contribution in [0, 0.1) is 6.92 Å². The average molecular weight is 239 g/mol. The quantitative estimate of drug-likeness (QED) is 0.762. The van der Waals surface area contributed by atoms with Gasteiger partial charge in [-0.25, -0.2) is 9.69 Å².